The number of amides is 3. The van der Waals surface area contributed by atoms with Gasteiger partial charge in [-0.3, -0.25) is 19.3 Å². The second-order valence-electron chi connectivity index (χ2n) is 8.85. The van der Waals surface area contributed by atoms with E-state index in [1.54, 1.807) is 12.1 Å². The van der Waals surface area contributed by atoms with Crippen molar-refractivity contribution >= 4 is 52.3 Å². The zero-order valence-corrected chi connectivity index (χ0v) is 21.1. The molecule has 3 amide bonds. The largest absolute Gasteiger partial charge is 0.369 e. The van der Waals surface area contributed by atoms with Gasteiger partial charge in [0.1, 0.15) is 6.04 Å². The van der Waals surface area contributed by atoms with Crippen LogP contribution in [-0.2, 0) is 14.4 Å². The van der Waals surface area contributed by atoms with E-state index in [0.717, 1.165) is 37.4 Å². The summed E-state index contributed by atoms with van der Waals surface area (Å²) in [7, 11) is 0. The molecule has 1 atom stereocenters. The summed E-state index contributed by atoms with van der Waals surface area (Å²) < 4.78 is 0. The highest BCUT2D eigenvalue weighted by atomic mass is 35.5. The Balaban J connectivity index is 1.32. The van der Waals surface area contributed by atoms with Gasteiger partial charge < -0.3 is 20.4 Å². The Morgan fingerprint density at radius 2 is 1.74 bits per heavy atom. The molecule has 2 heterocycles. The predicted octanol–water partition coefficient (Wildman–Crippen LogP) is 2.78. The molecule has 2 aliphatic rings. The number of carbonyl (C=O) groups excluding carboxylic acids is 3. The van der Waals surface area contributed by atoms with Crippen LogP contribution in [0.15, 0.2) is 42.5 Å². The molecule has 0 radical (unpaired) electrons. The van der Waals surface area contributed by atoms with Crippen molar-refractivity contribution in [1.82, 2.24) is 15.1 Å². The molecule has 2 aliphatic heterocycles. The first-order chi connectivity index (χ1) is 16.8. The number of hydrogen-bond donors (Lipinski definition) is 2. The van der Waals surface area contributed by atoms with E-state index < -0.39 is 6.04 Å². The molecular formula is C25H29Cl2N5O3. The number of aryl methyl sites for hydroxylation is 1. The molecule has 186 valence electrons. The van der Waals surface area contributed by atoms with Crippen LogP contribution in [0.5, 0.6) is 0 Å². The molecule has 2 aromatic carbocycles. The van der Waals surface area contributed by atoms with Crippen LogP contribution >= 0.6 is 23.2 Å². The number of halogens is 2. The van der Waals surface area contributed by atoms with Crippen molar-refractivity contribution in [3.63, 3.8) is 0 Å². The first kappa shape index (κ1) is 25.3. The van der Waals surface area contributed by atoms with Gasteiger partial charge in [-0.2, -0.15) is 0 Å². The summed E-state index contributed by atoms with van der Waals surface area (Å²) in [6.07, 6.45) is -0.118. The predicted molar refractivity (Wildman–Crippen MR) is 138 cm³/mol. The van der Waals surface area contributed by atoms with Crippen LogP contribution in [0, 0.1) is 6.92 Å². The van der Waals surface area contributed by atoms with E-state index in [-0.39, 0.29) is 30.7 Å². The molecular weight excluding hydrogens is 489 g/mol. The third kappa shape index (κ3) is 6.45. The van der Waals surface area contributed by atoms with E-state index in [1.165, 1.54) is 4.90 Å². The monoisotopic (exact) mass is 517 g/mol. The summed E-state index contributed by atoms with van der Waals surface area (Å²) in [5.74, 6) is -0.799. The average Bonchev–Trinajstić information content (AvgIpc) is 2.84. The fourth-order valence-corrected chi connectivity index (χ4v) is 4.68. The Hall–Kier alpha value is -2.81. The lowest BCUT2D eigenvalue weighted by atomic mass is 10.1. The highest BCUT2D eigenvalue weighted by molar-refractivity contribution is 6.31. The summed E-state index contributed by atoms with van der Waals surface area (Å²) in [5, 5.41) is 6.80. The van der Waals surface area contributed by atoms with Gasteiger partial charge in [0.25, 0.3) is 0 Å². The van der Waals surface area contributed by atoms with Gasteiger partial charge in [0.15, 0.2) is 0 Å². The maximum absolute atomic E-state index is 13.2. The summed E-state index contributed by atoms with van der Waals surface area (Å²) in [6, 6.07) is 12.1. The maximum atomic E-state index is 13.2. The van der Waals surface area contributed by atoms with Crippen molar-refractivity contribution < 1.29 is 14.4 Å². The SMILES string of the molecule is Cc1ccc(NC(=O)C[C@H]2C(=O)NCCN2C(=O)CN2CCN(c3ccc(Cl)cc3)CC2)cc1Cl. The van der Waals surface area contributed by atoms with E-state index in [2.05, 4.69) is 20.4 Å². The molecule has 0 aliphatic carbocycles. The van der Waals surface area contributed by atoms with Gasteiger partial charge in [-0.1, -0.05) is 29.3 Å². The van der Waals surface area contributed by atoms with Gasteiger partial charge in [-0.15, -0.1) is 0 Å². The number of benzene rings is 2. The Bertz CT molecular complexity index is 1090. The first-order valence-corrected chi connectivity index (χ1v) is 12.4. The minimum absolute atomic E-state index is 0.118. The molecule has 0 spiro atoms. The molecule has 2 fully saturated rings. The van der Waals surface area contributed by atoms with Crippen molar-refractivity contribution in [2.24, 2.45) is 0 Å². The fourth-order valence-electron chi connectivity index (χ4n) is 4.37. The van der Waals surface area contributed by atoms with Crippen LogP contribution in [0.4, 0.5) is 11.4 Å². The molecule has 0 aromatic heterocycles. The standard InChI is InChI=1S/C25H29Cl2N5O3/c1-17-2-5-19(14-21(17)27)29-23(33)15-22-25(35)28-8-9-32(22)24(34)16-30-10-12-31(13-11-30)20-6-3-18(26)4-7-20/h2-7,14,22H,8-13,15-16H2,1H3,(H,28,35)(H,29,33)/t22-/m0/s1. The molecule has 0 bridgehead atoms. The van der Waals surface area contributed by atoms with Crippen LogP contribution in [-0.4, -0.2) is 79.4 Å². The first-order valence-electron chi connectivity index (χ1n) is 11.7. The zero-order chi connectivity index (χ0) is 24.9. The Labute approximate surface area is 215 Å². The Kier molecular flexibility index (Phi) is 8.15. The summed E-state index contributed by atoms with van der Waals surface area (Å²) in [5.41, 5.74) is 2.56. The van der Waals surface area contributed by atoms with Crippen molar-refractivity contribution in [1.29, 1.82) is 0 Å². The van der Waals surface area contributed by atoms with Gasteiger partial charge in [-0.25, -0.2) is 0 Å². The maximum Gasteiger partial charge on any atom is 0.243 e. The van der Waals surface area contributed by atoms with Crippen molar-refractivity contribution in [3.8, 4) is 0 Å². The molecule has 8 nitrogen and oxygen atoms in total. The minimum atomic E-state index is -0.840. The summed E-state index contributed by atoms with van der Waals surface area (Å²) >= 11 is 12.1. The topological polar surface area (TPSA) is 85.0 Å². The quantitative estimate of drug-likeness (QED) is 0.615. The van der Waals surface area contributed by atoms with E-state index in [1.807, 2.05) is 37.3 Å². The number of piperazine rings is 2. The fraction of sp³-hybridized carbons (Fsp3) is 0.400. The Morgan fingerprint density at radius 3 is 2.43 bits per heavy atom. The van der Waals surface area contributed by atoms with Crippen molar-refractivity contribution in [3.05, 3.63) is 58.1 Å². The number of rotatable bonds is 6. The summed E-state index contributed by atoms with van der Waals surface area (Å²) in [6.45, 7) is 5.89. The second kappa shape index (κ2) is 11.3. The highest BCUT2D eigenvalue weighted by Crippen LogP contribution is 2.22. The molecule has 35 heavy (non-hydrogen) atoms. The Morgan fingerprint density at radius 1 is 1.03 bits per heavy atom. The van der Waals surface area contributed by atoms with Crippen LogP contribution in [0.25, 0.3) is 0 Å². The van der Waals surface area contributed by atoms with E-state index in [9.17, 15) is 14.4 Å². The van der Waals surface area contributed by atoms with E-state index in [0.29, 0.717) is 28.8 Å². The molecule has 4 rings (SSSR count). The number of nitrogens with zero attached hydrogens (tertiary/aromatic N) is 3. The molecule has 10 heteroatoms. The van der Waals surface area contributed by atoms with Crippen LogP contribution in [0.3, 0.4) is 0 Å². The van der Waals surface area contributed by atoms with Gasteiger partial charge in [0, 0.05) is 60.7 Å². The lowest BCUT2D eigenvalue weighted by Gasteiger charge is -2.39. The lowest BCUT2D eigenvalue weighted by molar-refractivity contribution is -0.145. The number of nitrogens with one attached hydrogen (secondary N) is 2. The average molecular weight is 518 g/mol. The highest BCUT2D eigenvalue weighted by Gasteiger charge is 2.35. The van der Waals surface area contributed by atoms with Gasteiger partial charge in [-0.05, 0) is 48.9 Å². The van der Waals surface area contributed by atoms with E-state index >= 15 is 0 Å². The van der Waals surface area contributed by atoms with Crippen LogP contribution in [0.2, 0.25) is 10.0 Å². The minimum Gasteiger partial charge on any atom is -0.369 e. The molecule has 2 saturated heterocycles. The molecule has 2 N–H and O–H groups in total. The number of hydrogen-bond acceptors (Lipinski definition) is 5. The normalized spacial score (nSPS) is 18.8. The lowest BCUT2D eigenvalue weighted by Crippen LogP contribution is -2.60. The van der Waals surface area contributed by atoms with Crippen LogP contribution < -0.4 is 15.5 Å². The van der Waals surface area contributed by atoms with Gasteiger partial charge in [0.2, 0.25) is 17.7 Å². The smallest absolute Gasteiger partial charge is 0.243 e. The van der Waals surface area contributed by atoms with Crippen LogP contribution in [0.1, 0.15) is 12.0 Å². The molecule has 0 unspecified atom stereocenters. The molecule has 0 saturated carbocycles. The second-order valence-corrected chi connectivity index (χ2v) is 9.69. The zero-order valence-electron chi connectivity index (χ0n) is 19.6. The summed E-state index contributed by atoms with van der Waals surface area (Å²) in [4.78, 5) is 44.3. The van der Waals surface area contributed by atoms with Gasteiger partial charge >= 0.3 is 0 Å². The third-order valence-corrected chi connectivity index (χ3v) is 7.07. The molecule has 2 aromatic rings. The van der Waals surface area contributed by atoms with E-state index in [4.69, 9.17) is 23.2 Å². The third-order valence-electron chi connectivity index (χ3n) is 6.41. The van der Waals surface area contributed by atoms with Crippen molar-refractivity contribution in [2.45, 2.75) is 19.4 Å². The van der Waals surface area contributed by atoms with Gasteiger partial charge in [0.05, 0.1) is 13.0 Å². The number of carbonyl (C=O) groups is 3. The van der Waals surface area contributed by atoms with Crippen molar-refractivity contribution in [2.75, 3.05) is 56.0 Å². The number of anilines is 2.